The number of nitrogens with zero attached hydrogens (tertiary/aromatic N) is 1. The second kappa shape index (κ2) is 3.69. The number of aliphatic hydroxyl groups is 1. The summed E-state index contributed by atoms with van der Waals surface area (Å²) in [5.74, 6) is -0.127. The van der Waals surface area contributed by atoms with Crippen molar-refractivity contribution in [1.29, 1.82) is 0 Å². The minimum Gasteiger partial charge on any atom is -0.396 e. The average Bonchev–Trinajstić information content (AvgIpc) is 2.01. The summed E-state index contributed by atoms with van der Waals surface area (Å²) in [5, 5.41) is 8.93. The highest BCUT2D eigenvalue weighted by atomic mass is 35.5. The molecule has 1 rings (SSSR count). The second-order valence-corrected chi connectivity index (χ2v) is 2.94. The number of halogens is 1. The number of nitrogens with one attached hydrogen (secondary N) is 1. The number of hydrogen-bond donors (Lipinski definition) is 2. The summed E-state index contributed by atoms with van der Waals surface area (Å²) in [5.41, 5.74) is 0.111. The van der Waals surface area contributed by atoms with Gasteiger partial charge in [-0.3, -0.25) is 0 Å². The summed E-state index contributed by atoms with van der Waals surface area (Å²) in [7, 11) is 0. The summed E-state index contributed by atoms with van der Waals surface area (Å²) < 4.78 is 0. The fourth-order valence-corrected chi connectivity index (χ4v) is 1.00. The van der Waals surface area contributed by atoms with Crippen molar-refractivity contribution in [2.24, 2.45) is 0 Å². The first-order valence-corrected chi connectivity index (χ1v) is 3.89. The molecular formula is C7H9ClN2O2. The van der Waals surface area contributed by atoms with Crippen molar-refractivity contribution in [3.8, 4) is 0 Å². The van der Waals surface area contributed by atoms with Gasteiger partial charge in [-0.15, -0.1) is 0 Å². The van der Waals surface area contributed by atoms with Gasteiger partial charge >= 0.3 is 5.69 Å². The molecule has 1 aromatic rings. The van der Waals surface area contributed by atoms with Crippen LogP contribution in [0, 0.1) is 0 Å². The van der Waals surface area contributed by atoms with Gasteiger partial charge in [-0.25, -0.2) is 4.79 Å². The summed E-state index contributed by atoms with van der Waals surface area (Å²) in [6.07, 6.45) is 0. The van der Waals surface area contributed by atoms with Crippen LogP contribution in [0.15, 0.2) is 10.9 Å². The van der Waals surface area contributed by atoms with Crippen LogP contribution < -0.4 is 5.69 Å². The van der Waals surface area contributed by atoms with Crippen LogP contribution in [-0.2, 0) is 0 Å². The lowest BCUT2D eigenvalue weighted by atomic mass is 10.1. The van der Waals surface area contributed by atoms with Crippen LogP contribution in [0.3, 0.4) is 0 Å². The van der Waals surface area contributed by atoms with Gasteiger partial charge < -0.3 is 10.1 Å². The first kappa shape index (κ1) is 9.22. The molecule has 1 atom stereocenters. The predicted molar refractivity (Wildman–Crippen MR) is 45.4 cm³/mol. The van der Waals surface area contributed by atoms with Gasteiger partial charge in [0.25, 0.3) is 0 Å². The third-order valence-corrected chi connectivity index (χ3v) is 1.73. The van der Waals surface area contributed by atoms with E-state index in [0.29, 0.717) is 5.69 Å². The Hall–Kier alpha value is -0.870. The molecule has 0 unspecified atom stereocenters. The summed E-state index contributed by atoms with van der Waals surface area (Å²) in [6.45, 7) is 1.75. The smallest absolute Gasteiger partial charge is 0.346 e. The molecule has 66 valence electrons. The molecule has 12 heavy (non-hydrogen) atoms. The zero-order valence-electron chi connectivity index (χ0n) is 6.54. The maximum absolute atomic E-state index is 10.8. The first-order valence-electron chi connectivity index (χ1n) is 3.51. The van der Waals surface area contributed by atoms with Crippen LogP contribution in [0.1, 0.15) is 18.5 Å². The minimum atomic E-state index is -0.488. The molecule has 1 heterocycles. The summed E-state index contributed by atoms with van der Waals surface area (Å²) in [6, 6.07) is 1.53. The number of rotatable bonds is 2. The Bertz CT molecular complexity index is 323. The molecule has 1 aromatic heterocycles. The molecule has 0 amide bonds. The lowest BCUT2D eigenvalue weighted by molar-refractivity contribution is 0.271. The Morgan fingerprint density at radius 2 is 2.50 bits per heavy atom. The summed E-state index contributed by atoms with van der Waals surface area (Å²) in [4.78, 5) is 16.7. The van der Waals surface area contributed by atoms with E-state index < -0.39 is 5.69 Å². The Morgan fingerprint density at radius 1 is 1.83 bits per heavy atom. The highest BCUT2D eigenvalue weighted by Crippen LogP contribution is 2.12. The normalized spacial score (nSPS) is 12.9. The Labute approximate surface area is 74.2 Å². The number of aromatic nitrogens is 2. The molecule has 2 N–H and O–H groups in total. The SMILES string of the molecule is C[C@H](CO)c1cc(Cl)nc(=O)[nH]1. The van der Waals surface area contributed by atoms with E-state index in [1.54, 1.807) is 6.92 Å². The molecule has 0 aliphatic heterocycles. The van der Waals surface area contributed by atoms with E-state index in [9.17, 15) is 4.79 Å². The van der Waals surface area contributed by atoms with E-state index in [1.165, 1.54) is 6.07 Å². The molecule has 0 radical (unpaired) electrons. The van der Waals surface area contributed by atoms with E-state index in [1.807, 2.05) is 0 Å². The molecule has 0 bridgehead atoms. The maximum atomic E-state index is 10.8. The van der Waals surface area contributed by atoms with Crippen LogP contribution in [-0.4, -0.2) is 21.7 Å². The number of H-pyrrole nitrogens is 1. The molecule has 5 heteroatoms. The monoisotopic (exact) mass is 188 g/mol. The third kappa shape index (κ3) is 2.06. The Balaban J connectivity index is 3.08. The van der Waals surface area contributed by atoms with Crippen molar-refractivity contribution in [2.45, 2.75) is 12.8 Å². The zero-order valence-corrected chi connectivity index (χ0v) is 7.30. The Kier molecular flexibility index (Phi) is 2.83. The third-order valence-electron chi connectivity index (χ3n) is 1.54. The zero-order chi connectivity index (χ0) is 9.14. The van der Waals surface area contributed by atoms with Crippen LogP contribution in [0.5, 0.6) is 0 Å². The molecule has 0 aliphatic carbocycles. The maximum Gasteiger partial charge on any atom is 0.346 e. The fraction of sp³-hybridized carbons (Fsp3) is 0.429. The summed E-state index contributed by atoms with van der Waals surface area (Å²) >= 11 is 5.54. The molecule has 0 saturated heterocycles. The number of aromatic amines is 1. The van der Waals surface area contributed by atoms with E-state index in [0.717, 1.165) is 0 Å². The second-order valence-electron chi connectivity index (χ2n) is 2.55. The van der Waals surface area contributed by atoms with Crippen LogP contribution in [0.4, 0.5) is 0 Å². The van der Waals surface area contributed by atoms with Crippen molar-refractivity contribution in [2.75, 3.05) is 6.61 Å². The number of aliphatic hydroxyl groups excluding tert-OH is 1. The minimum absolute atomic E-state index is 0.0315. The van der Waals surface area contributed by atoms with Crippen molar-refractivity contribution >= 4 is 11.6 Å². The predicted octanol–water partition coefficient (Wildman–Crippen LogP) is 0.519. The van der Waals surface area contributed by atoms with Gasteiger partial charge in [0.1, 0.15) is 5.15 Å². The van der Waals surface area contributed by atoms with Crippen molar-refractivity contribution in [1.82, 2.24) is 9.97 Å². The van der Waals surface area contributed by atoms with Gasteiger partial charge in [0.2, 0.25) is 0 Å². The molecule has 4 nitrogen and oxygen atoms in total. The molecule has 0 fully saturated rings. The number of hydrogen-bond acceptors (Lipinski definition) is 3. The van der Waals surface area contributed by atoms with Crippen LogP contribution >= 0.6 is 11.6 Å². The van der Waals surface area contributed by atoms with Crippen molar-refractivity contribution in [3.63, 3.8) is 0 Å². The first-order chi connectivity index (χ1) is 5.63. The van der Waals surface area contributed by atoms with Crippen LogP contribution in [0.2, 0.25) is 5.15 Å². The molecule has 0 saturated carbocycles. The highest BCUT2D eigenvalue weighted by Gasteiger charge is 2.06. The average molecular weight is 189 g/mol. The van der Waals surface area contributed by atoms with E-state index >= 15 is 0 Å². The van der Waals surface area contributed by atoms with Crippen molar-refractivity contribution in [3.05, 3.63) is 27.4 Å². The van der Waals surface area contributed by atoms with Gasteiger partial charge in [-0.05, 0) is 6.07 Å². The van der Waals surface area contributed by atoms with E-state index in [2.05, 4.69) is 9.97 Å². The van der Waals surface area contributed by atoms with Gasteiger partial charge in [-0.1, -0.05) is 18.5 Å². The highest BCUT2D eigenvalue weighted by molar-refractivity contribution is 6.29. The van der Waals surface area contributed by atoms with Crippen LogP contribution in [0.25, 0.3) is 0 Å². The van der Waals surface area contributed by atoms with Gasteiger partial charge in [0.15, 0.2) is 0 Å². The molecule has 0 aliphatic rings. The standard InChI is InChI=1S/C7H9ClN2O2/c1-4(3-11)5-2-6(8)10-7(12)9-5/h2,4,11H,3H2,1H3,(H,9,10,12)/t4-/m1/s1. The lowest BCUT2D eigenvalue weighted by Gasteiger charge is -2.06. The van der Waals surface area contributed by atoms with Gasteiger partial charge in [0, 0.05) is 11.6 Å². The molecule has 0 spiro atoms. The quantitative estimate of drug-likeness (QED) is 0.665. The fourth-order valence-electron chi connectivity index (χ4n) is 0.809. The van der Waals surface area contributed by atoms with Gasteiger partial charge in [-0.2, -0.15) is 4.98 Å². The van der Waals surface area contributed by atoms with Crippen molar-refractivity contribution < 1.29 is 5.11 Å². The molecular weight excluding hydrogens is 180 g/mol. The van der Waals surface area contributed by atoms with E-state index in [4.69, 9.17) is 16.7 Å². The largest absolute Gasteiger partial charge is 0.396 e. The van der Waals surface area contributed by atoms with Gasteiger partial charge in [0.05, 0.1) is 6.61 Å². The van der Waals surface area contributed by atoms with E-state index in [-0.39, 0.29) is 17.7 Å². The topological polar surface area (TPSA) is 66.0 Å². The lowest BCUT2D eigenvalue weighted by Crippen LogP contribution is -2.15. The Morgan fingerprint density at radius 3 is 3.00 bits per heavy atom. The molecule has 0 aromatic carbocycles.